The van der Waals surface area contributed by atoms with Crippen molar-refractivity contribution in [1.29, 1.82) is 0 Å². The topological polar surface area (TPSA) is 77.1 Å². The van der Waals surface area contributed by atoms with Gasteiger partial charge in [0, 0.05) is 18.6 Å². The zero-order chi connectivity index (χ0) is 39.2. The summed E-state index contributed by atoms with van der Waals surface area (Å²) in [6.45, 7) is 18.8. The van der Waals surface area contributed by atoms with Crippen molar-refractivity contribution in [3.05, 3.63) is 0 Å². The molecule has 0 N–H and O–H groups in total. The van der Waals surface area contributed by atoms with E-state index in [-0.39, 0.29) is 13.2 Å². The molecule has 7 nitrogen and oxygen atoms in total. The van der Waals surface area contributed by atoms with Crippen molar-refractivity contribution in [2.45, 2.75) is 221 Å². The van der Waals surface area contributed by atoms with Crippen molar-refractivity contribution in [3.63, 3.8) is 0 Å². The van der Waals surface area contributed by atoms with Gasteiger partial charge in [0.1, 0.15) is 13.2 Å². The minimum atomic E-state index is -4.43. The first-order valence-corrected chi connectivity index (χ1v) is 24.8. The van der Waals surface area contributed by atoms with Crippen LogP contribution in [-0.4, -0.2) is 70.3 Å². The molecule has 0 aromatic rings. The maximum absolute atomic E-state index is 12.8. The Morgan fingerprint density at radius 3 is 1.04 bits per heavy atom. The number of phosphoric ester groups is 1. The van der Waals surface area contributed by atoms with Crippen LogP contribution in [0.15, 0.2) is 0 Å². The van der Waals surface area contributed by atoms with Gasteiger partial charge in [0.05, 0.1) is 39.5 Å². The van der Waals surface area contributed by atoms with E-state index in [1.54, 1.807) is 0 Å². The van der Waals surface area contributed by atoms with E-state index in [0.29, 0.717) is 33.0 Å². The number of nitrogens with zero attached hydrogens (tertiary/aromatic N) is 1. The molecule has 320 valence electrons. The normalized spacial score (nSPS) is 13.6. The maximum atomic E-state index is 12.8. The van der Waals surface area contributed by atoms with Crippen molar-refractivity contribution < 1.29 is 32.5 Å². The minimum Gasteiger partial charge on any atom is -0.756 e. The lowest BCUT2D eigenvalue weighted by atomic mass is 9.94. The second-order valence-corrected chi connectivity index (χ2v) is 18.1. The van der Waals surface area contributed by atoms with Crippen molar-refractivity contribution in [2.75, 3.05) is 65.8 Å². The molecule has 0 saturated carbocycles. The number of hydrogen-bond donors (Lipinski definition) is 0. The molecule has 0 fully saturated rings. The molecule has 53 heavy (non-hydrogen) atoms. The highest BCUT2D eigenvalue weighted by molar-refractivity contribution is 7.45. The van der Waals surface area contributed by atoms with E-state index in [1.165, 1.54) is 167 Å². The van der Waals surface area contributed by atoms with Gasteiger partial charge >= 0.3 is 0 Å². The van der Waals surface area contributed by atoms with Gasteiger partial charge in [-0.2, -0.15) is 0 Å². The summed E-state index contributed by atoms with van der Waals surface area (Å²) in [4.78, 5) is 12.8. The lowest BCUT2D eigenvalue weighted by molar-refractivity contribution is -0.923. The van der Waals surface area contributed by atoms with E-state index in [9.17, 15) is 9.46 Å². The molecule has 0 radical (unpaired) electrons. The SMILES string of the molecule is CCCCCCCCCCCCCCCCOCC(C)(COCCCCCCCCCCCCCCCC)COP(=O)([O-])OCC[N+](CC)(CC)CC. The molecule has 0 rings (SSSR count). The molecule has 8 heteroatoms. The molecule has 0 aromatic heterocycles. The summed E-state index contributed by atoms with van der Waals surface area (Å²) >= 11 is 0. The molecule has 0 bridgehead atoms. The van der Waals surface area contributed by atoms with Crippen LogP contribution in [0.25, 0.3) is 0 Å². The maximum Gasteiger partial charge on any atom is 0.268 e. The Hall–Kier alpha value is -0.0100. The molecule has 0 spiro atoms. The summed E-state index contributed by atoms with van der Waals surface area (Å²) < 4.78 is 36.7. The van der Waals surface area contributed by atoms with Crippen molar-refractivity contribution >= 4 is 7.82 Å². The highest BCUT2D eigenvalue weighted by Gasteiger charge is 2.29. The lowest BCUT2D eigenvalue weighted by Gasteiger charge is -2.37. The first-order valence-electron chi connectivity index (χ1n) is 23.3. The third kappa shape index (κ3) is 33.8. The molecule has 1 unspecified atom stereocenters. The Bertz CT molecular complexity index is 751. The number of quaternary nitrogens is 1. The molecule has 0 amide bonds. The van der Waals surface area contributed by atoms with Gasteiger partial charge < -0.3 is 27.9 Å². The minimum absolute atomic E-state index is 0.000586. The van der Waals surface area contributed by atoms with E-state index >= 15 is 0 Å². The molecular formula is C45H94NO6P. The Balaban J connectivity index is 4.40. The summed E-state index contributed by atoms with van der Waals surface area (Å²) in [6.07, 6.45) is 37.3. The number of hydrogen-bond acceptors (Lipinski definition) is 6. The van der Waals surface area contributed by atoms with Crippen LogP contribution in [0.1, 0.15) is 221 Å². The quantitative estimate of drug-likeness (QED) is 0.0348. The van der Waals surface area contributed by atoms with Crippen LogP contribution in [0.4, 0.5) is 0 Å². The highest BCUT2D eigenvalue weighted by atomic mass is 31.2. The van der Waals surface area contributed by atoms with Crippen LogP contribution in [0.2, 0.25) is 0 Å². The van der Waals surface area contributed by atoms with Gasteiger partial charge in [-0.05, 0) is 33.6 Å². The molecule has 0 aliphatic carbocycles. The van der Waals surface area contributed by atoms with Gasteiger partial charge in [-0.1, -0.05) is 188 Å². The Kier molecular flexibility index (Phi) is 37.6. The van der Waals surface area contributed by atoms with Crippen LogP contribution in [-0.2, 0) is 23.1 Å². The average Bonchev–Trinajstić information content (AvgIpc) is 3.15. The Morgan fingerprint density at radius 2 is 0.736 bits per heavy atom. The largest absolute Gasteiger partial charge is 0.756 e. The molecular weight excluding hydrogens is 681 g/mol. The molecule has 0 aliphatic heterocycles. The van der Waals surface area contributed by atoms with Crippen molar-refractivity contribution in [3.8, 4) is 0 Å². The highest BCUT2D eigenvalue weighted by Crippen LogP contribution is 2.40. The predicted octanol–water partition coefficient (Wildman–Crippen LogP) is 13.4. The molecule has 1 atom stereocenters. The molecule has 0 heterocycles. The monoisotopic (exact) mass is 776 g/mol. The third-order valence-electron chi connectivity index (χ3n) is 11.6. The average molecular weight is 776 g/mol. The zero-order valence-corrected chi connectivity index (χ0v) is 37.6. The smallest absolute Gasteiger partial charge is 0.268 e. The molecule has 0 saturated heterocycles. The summed E-state index contributed by atoms with van der Waals surface area (Å²) in [6, 6.07) is 0. The molecule has 0 aromatic carbocycles. The number of likely N-dealkylation sites (N-methyl/N-ethyl adjacent to an activating group) is 1. The molecule has 0 aliphatic rings. The van der Waals surface area contributed by atoms with Crippen molar-refractivity contribution in [2.24, 2.45) is 5.41 Å². The van der Waals surface area contributed by atoms with E-state index in [0.717, 1.165) is 37.0 Å². The van der Waals surface area contributed by atoms with Crippen LogP contribution >= 0.6 is 7.82 Å². The van der Waals surface area contributed by atoms with Crippen LogP contribution < -0.4 is 4.89 Å². The number of unbranched alkanes of at least 4 members (excludes halogenated alkanes) is 26. The standard InChI is InChI=1S/C45H94NO6P/c1-7-12-14-16-18-20-22-24-26-28-30-32-34-36-39-49-42-45(6,44-52-53(47,48)51-41-38-46(9-3,10-4)11-5)43-50-40-37-35-33-31-29-27-25-23-21-19-17-15-13-8-2/h7-44H2,1-6H3. The fourth-order valence-corrected chi connectivity index (χ4v) is 8.17. The Labute approximate surface area is 332 Å². The van der Waals surface area contributed by atoms with E-state index in [1.807, 2.05) is 6.92 Å². The third-order valence-corrected chi connectivity index (χ3v) is 12.5. The van der Waals surface area contributed by atoms with E-state index in [4.69, 9.17) is 18.5 Å². The van der Waals surface area contributed by atoms with Crippen LogP contribution in [0.3, 0.4) is 0 Å². The first kappa shape index (κ1) is 53.0. The summed E-state index contributed by atoms with van der Waals surface area (Å²) in [5.74, 6) is 0. The second-order valence-electron chi connectivity index (χ2n) is 16.7. The van der Waals surface area contributed by atoms with Crippen LogP contribution in [0, 0.1) is 5.41 Å². The second kappa shape index (κ2) is 37.6. The summed E-state index contributed by atoms with van der Waals surface area (Å²) in [5.41, 5.74) is -0.564. The lowest BCUT2D eigenvalue weighted by Crippen LogP contribution is -2.49. The van der Waals surface area contributed by atoms with E-state index < -0.39 is 13.2 Å². The fraction of sp³-hybridized carbons (Fsp3) is 1.00. The van der Waals surface area contributed by atoms with Crippen molar-refractivity contribution in [1.82, 2.24) is 0 Å². The fourth-order valence-electron chi connectivity index (χ4n) is 7.32. The van der Waals surface area contributed by atoms with Crippen LogP contribution in [0.5, 0.6) is 0 Å². The van der Waals surface area contributed by atoms with Gasteiger partial charge in [0.25, 0.3) is 7.82 Å². The van der Waals surface area contributed by atoms with Gasteiger partial charge in [-0.15, -0.1) is 0 Å². The van der Waals surface area contributed by atoms with Gasteiger partial charge in [-0.25, -0.2) is 0 Å². The van der Waals surface area contributed by atoms with Gasteiger partial charge in [-0.3, -0.25) is 4.57 Å². The zero-order valence-electron chi connectivity index (χ0n) is 36.7. The predicted molar refractivity (Wildman–Crippen MR) is 227 cm³/mol. The first-order chi connectivity index (χ1) is 25.7. The summed E-state index contributed by atoms with van der Waals surface area (Å²) in [5, 5.41) is 0. The number of ether oxygens (including phenoxy) is 2. The number of phosphoric acid groups is 1. The Morgan fingerprint density at radius 1 is 0.434 bits per heavy atom. The number of rotatable bonds is 44. The van der Waals surface area contributed by atoms with Gasteiger partial charge in [0.2, 0.25) is 0 Å². The van der Waals surface area contributed by atoms with Gasteiger partial charge in [0.15, 0.2) is 0 Å². The van der Waals surface area contributed by atoms with E-state index in [2.05, 4.69) is 34.6 Å². The summed E-state index contributed by atoms with van der Waals surface area (Å²) in [7, 11) is -4.43.